The highest BCUT2D eigenvalue weighted by Crippen LogP contribution is 2.44. The summed E-state index contributed by atoms with van der Waals surface area (Å²) in [6, 6.07) is 19.5. The van der Waals surface area contributed by atoms with E-state index in [9.17, 15) is 14.4 Å². The predicted molar refractivity (Wildman–Crippen MR) is 389 cm³/mol. The Hall–Kier alpha value is -5.59. The van der Waals surface area contributed by atoms with Crippen LogP contribution in [0.5, 0.6) is 0 Å². The molecule has 3 N–H and O–H groups in total. The lowest BCUT2D eigenvalue weighted by atomic mass is 9.71. The largest absolute Gasteiger partial charge is 0.372 e. The van der Waals surface area contributed by atoms with Crippen LogP contribution in [-0.2, 0) is 24.4 Å². The molecule has 0 unspecified atom stereocenters. The Kier molecular flexibility index (Phi) is 25.2. The van der Waals surface area contributed by atoms with E-state index in [1.807, 2.05) is 14.7 Å². The number of ether oxygens (including phenoxy) is 1. The summed E-state index contributed by atoms with van der Waals surface area (Å²) in [7, 11) is 0. The lowest BCUT2D eigenvalue weighted by Crippen LogP contribution is -2.56. The summed E-state index contributed by atoms with van der Waals surface area (Å²) in [6.45, 7) is 55.6. The van der Waals surface area contributed by atoms with Crippen molar-refractivity contribution in [1.82, 2.24) is 45.3 Å². The van der Waals surface area contributed by atoms with Gasteiger partial charge in [0.05, 0.1) is 12.2 Å². The third kappa shape index (κ3) is 19.4. The molecule has 9 fully saturated rings. The molecular formula is C78H122N12O4. The zero-order valence-corrected chi connectivity index (χ0v) is 59.0. The summed E-state index contributed by atoms with van der Waals surface area (Å²) in [5.74, 6) is 2.26. The van der Waals surface area contributed by atoms with Crippen molar-refractivity contribution in [1.29, 1.82) is 0 Å². The molecular weight excluding hydrogens is 1170 g/mol. The molecule has 9 aliphatic rings. The van der Waals surface area contributed by atoms with Gasteiger partial charge in [0.1, 0.15) is 0 Å². The van der Waals surface area contributed by atoms with E-state index >= 15 is 0 Å². The first-order chi connectivity index (χ1) is 44.5. The van der Waals surface area contributed by atoms with Crippen molar-refractivity contribution >= 4 is 35.2 Å². The van der Waals surface area contributed by atoms with Gasteiger partial charge in [-0.3, -0.25) is 29.4 Å². The topological polar surface area (TPSA) is 126 Å². The third-order valence-corrected chi connectivity index (χ3v) is 22.0. The van der Waals surface area contributed by atoms with Crippen molar-refractivity contribution in [3.05, 3.63) is 125 Å². The van der Waals surface area contributed by atoms with Crippen LogP contribution in [0.1, 0.15) is 166 Å². The van der Waals surface area contributed by atoms with Crippen molar-refractivity contribution in [3.63, 3.8) is 0 Å². The normalized spacial score (nSPS) is 22.7. The Labute approximate surface area is 567 Å². The van der Waals surface area contributed by atoms with Crippen LogP contribution in [-0.4, -0.2) is 178 Å². The van der Waals surface area contributed by atoms with Crippen LogP contribution in [0.15, 0.2) is 91.4 Å². The maximum Gasteiger partial charge on any atom is 0.326 e. The maximum absolute atomic E-state index is 12.5. The number of rotatable bonds is 15. The highest BCUT2D eigenvalue weighted by molar-refractivity contribution is 5.96. The van der Waals surface area contributed by atoms with E-state index in [0.717, 1.165) is 148 Å². The van der Waals surface area contributed by atoms with Gasteiger partial charge in [-0.05, 0) is 218 Å². The lowest BCUT2D eigenvalue weighted by molar-refractivity contribution is -0.138. The fraction of sp³-hybridized carbons (Fsp3) is 0.654. The minimum atomic E-state index is -0.0777. The van der Waals surface area contributed by atoms with Crippen LogP contribution in [0, 0.1) is 49.4 Å². The van der Waals surface area contributed by atoms with Gasteiger partial charge in [0.2, 0.25) is 0 Å². The number of amides is 6. The molecule has 0 aromatic heterocycles. The SMILES string of the molecule is C.C=C1CCN(c2cc(CN3CCC4(CC3)CCN(CC(C)C)CC4)ccc2C)C(=O)N1.C=C1CCN(c2ccc(CN3CCC4(CC3)CCN(CC(C)C)CC4)cc2C)C(=O)N1.C=C1CCN(c2ccc(CN3CCOC4(CCN(CC(C)C)CC4)C3)cc2C)C(=O)N1. The Morgan fingerprint density at radius 2 is 0.734 bits per heavy atom. The number of hydrogen-bond donors (Lipinski definition) is 3. The van der Waals surface area contributed by atoms with Crippen LogP contribution < -0.4 is 30.7 Å². The second kappa shape index (κ2) is 32.6. The van der Waals surface area contributed by atoms with Crippen LogP contribution in [0.2, 0.25) is 0 Å². The molecule has 0 atom stereocenters. The Bertz CT molecular complexity index is 3060. The van der Waals surface area contributed by atoms with Crippen molar-refractivity contribution < 1.29 is 19.1 Å². The van der Waals surface area contributed by atoms with E-state index in [-0.39, 0.29) is 31.1 Å². The van der Waals surface area contributed by atoms with E-state index in [4.69, 9.17) is 4.74 Å². The number of benzene rings is 3. The highest BCUT2D eigenvalue weighted by atomic mass is 16.5. The van der Waals surface area contributed by atoms with Crippen molar-refractivity contribution in [3.8, 4) is 0 Å². The molecule has 3 spiro atoms. The van der Waals surface area contributed by atoms with Gasteiger partial charge in [-0.1, -0.05) is 105 Å². The van der Waals surface area contributed by atoms with E-state index in [1.165, 1.54) is 146 Å². The molecule has 94 heavy (non-hydrogen) atoms. The quantitative estimate of drug-likeness (QED) is 0.135. The molecule has 0 bridgehead atoms. The maximum atomic E-state index is 12.5. The van der Waals surface area contributed by atoms with E-state index in [0.29, 0.717) is 30.5 Å². The Balaban J connectivity index is 0.000000165. The fourth-order valence-electron chi connectivity index (χ4n) is 16.5. The molecule has 16 nitrogen and oxygen atoms in total. The van der Waals surface area contributed by atoms with E-state index in [2.05, 4.69) is 182 Å². The summed E-state index contributed by atoms with van der Waals surface area (Å²) in [4.78, 5) is 58.4. The van der Waals surface area contributed by atoms with Crippen LogP contribution in [0.25, 0.3) is 0 Å². The Morgan fingerprint density at radius 1 is 0.404 bits per heavy atom. The number of nitrogens with zero attached hydrogens (tertiary/aromatic N) is 9. The van der Waals surface area contributed by atoms with E-state index < -0.39 is 0 Å². The monoisotopic (exact) mass is 1290 g/mol. The number of anilines is 3. The number of morpholine rings is 1. The average Bonchev–Trinajstić information content (AvgIpc) is 0.853. The smallest absolute Gasteiger partial charge is 0.326 e. The minimum absolute atomic E-state index is 0. The second-order valence-corrected chi connectivity index (χ2v) is 31.0. The first-order valence-electron chi connectivity index (χ1n) is 36.1. The van der Waals surface area contributed by atoms with Gasteiger partial charge in [-0.25, -0.2) is 14.4 Å². The summed E-state index contributed by atoms with van der Waals surface area (Å²) in [5, 5.41) is 8.59. The highest BCUT2D eigenvalue weighted by Gasteiger charge is 2.42. The number of aryl methyl sites for hydroxylation is 3. The summed E-state index contributed by atoms with van der Waals surface area (Å²) < 4.78 is 6.34. The molecule has 3 aromatic carbocycles. The summed E-state index contributed by atoms with van der Waals surface area (Å²) in [6.07, 6.45) is 15.5. The average molecular weight is 1290 g/mol. The number of nitrogens with one attached hydrogen (secondary N) is 3. The van der Waals surface area contributed by atoms with Gasteiger partial charge >= 0.3 is 18.1 Å². The molecule has 0 aliphatic carbocycles. The fourth-order valence-corrected chi connectivity index (χ4v) is 16.5. The molecule has 0 radical (unpaired) electrons. The number of urea groups is 3. The zero-order chi connectivity index (χ0) is 66.0. The number of carbonyl (C=O) groups excluding carboxylic acids is 3. The standard InChI is InChI=1S/2C26H40N4O.C25H38N4O2.CH4/c1-20(2)18-28-13-8-26(9-14-28)10-15-29(16-11-26)19-23-5-6-24(21(3)17-23)30-12-7-22(4)27-25(30)31;1-20(2)18-28-13-8-26(9-14-28)10-15-29(16-11-26)19-23-6-5-21(3)24(17-23)30-12-7-22(4)27-25(30)31;1-19(2)16-27-11-8-25(9-12-27)18-28(13-14-31-25)17-22-5-6-23(20(3)15-22)29-10-7-21(4)26-24(29)30;/h2*5-6,17,20H,4,7-16,18-19H2,1-3H3,(H,27,31);5-6,15,19H,4,7-14,16-18H2,1-3H3,(H,26,30);1H4. The molecule has 12 rings (SSSR count). The van der Waals surface area contributed by atoms with Gasteiger partial charge in [0, 0.05) is 138 Å². The van der Waals surface area contributed by atoms with Gasteiger partial charge in [0.15, 0.2) is 0 Å². The van der Waals surface area contributed by atoms with Gasteiger partial charge in [0.25, 0.3) is 0 Å². The van der Waals surface area contributed by atoms with Gasteiger partial charge in [-0.15, -0.1) is 0 Å². The van der Waals surface area contributed by atoms with Crippen molar-refractivity contribution in [2.75, 3.05) is 139 Å². The minimum Gasteiger partial charge on any atom is -0.372 e. The van der Waals surface area contributed by atoms with Crippen molar-refractivity contribution in [2.24, 2.45) is 28.6 Å². The molecule has 0 saturated carbocycles. The van der Waals surface area contributed by atoms with Crippen LogP contribution >= 0.6 is 0 Å². The summed E-state index contributed by atoms with van der Waals surface area (Å²) >= 11 is 0. The third-order valence-electron chi connectivity index (χ3n) is 22.0. The predicted octanol–water partition coefficient (Wildman–Crippen LogP) is 13.9. The lowest BCUT2D eigenvalue weighted by Gasteiger charge is -2.47. The summed E-state index contributed by atoms with van der Waals surface area (Å²) in [5.41, 5.74) is 14.1. The van der Waals surface area contributed by atoms with Crippen LogP contribution in [0.3, 0.4) is 0 Å². The first kappa shape index (κ1) is 72.7. The second-order valence-electron chi connectivity index (χ2n) is 31.0. The van der Waals surface area contributed by atoms with E-state index in [1.54, 1.807) is 0 Å². The number of carbonyl (C=O) groups is 3. The zero-order valence-electron chi connectivity index (χ0n) is 59.0. The molecule has 518 valence electrons. The number of piperidine rings is 5. The molecule has 6 amide bonds. The Morgan fingerprint density at radius 3 is 1.10 bits per heavy atom. The first-order valence-corrected chi connectivity index (χ1v) is 36.1. The number of likely N-dealkylation sites (tertiary alicyclic amines) is 5. The molecule has 3 aromatic rings. The van der Waals surface area contributed by atoms with Gasteiger partial charge in [-0.2, -0.15) is 0 Å². The van der Waals surface area contributed by atoms with Crippen LogP contribution in [0.4, 0.5) is 31.4 Å². The van der Waals surface area contributed by atoms with Gasteiger partial charge < -0.3 is 35.4 Å². The molecule has 9 aliphatic heterocycles. The molecule has 16 heteroatoms. The molecule has 9 saturated heterocycles. The number of hydrogen-bond acceptors (Lipinski definition) is 10. The van der Waals surface area contributed by atoms with Crippen molar-refractivity contribution in [2.45, 2.75) is 178 Å². The molecule has 9 heterocycles.